The molecule has 0 saturated carbocycles. The van der Waals surface area contributed by atoms with Crippen LogP contribution in [0, 0.1) is 6.92 Å². The van der Waals surface area contributed by atoms with Gasteiger partial charge in [0.05, 0.1) is 28.4 Å². The number of nitrogens with zero attached hydrogens (tertiary/aromatic N) is 3. The van der Waals surface area contributed by atoms with Crippen LogP contribution in [0.15, 0.2) is 42.5 Å². The number of benzene rings is 2. The highest BCUT2D eigenvalue weighted by Gasteiger charge is 2.19. The van der Waals surface area contributed by atoms with Crippen LogP contribution < -0.4 is 23.8 Å². The van der Waals surface area contributed by atoms with Crippen molar-refractivity contribution in [3.8, 4) is 23.0 Å². The molecule has 8 nitrogen and oxygen atoms in total. The molecule has 0 N–H and O–H groups in total. The van der Waals surface area contributed by atoms with Gasteiger partial charge in [0, 0.05) is 42.4 Å². The Morgan fingerprint density at radius 2 is 1.33 bits per heavy atom. The zero-order valence-corrected chi connectivity index (χ0v) is 20.0. The quantitative estimate of drug-likeness (QED) is 0.402. The number of hydrogen-bond donors (Lipinski definition) is 0. The van der Waals surface area contributed by atoms with Crippen LogP contribution in [0.2, 0.25) is 0 Å². The number of rotatable bonds is 10. The van der Waals surface area contributed by atoms with Gasteiger partial charge in [-0.1, -0.05) is 0 Å². The molecule has 0 fully saturated rings. The molecule has 1 aromatic heterocycles. The van der Waals surface area contributed by atoms with Crippen molar-refractivity contribution in [1.29, 1.82) is 0 Å². The summed E-state index contributed by atoms with van der Waals surface area (Å²) in [6.45, 7) is 2.57. The third-order valence-electron chi connectivity index (χ3n) is 5.06. The van der Waals surface area contributed by atoms with Gasteiger partial charge in [0.15, 0.2) is 0 Å². The van der Waals surface area contributed by atoms with Gasteiger partial charge in [-0.15, -0.1) is 0 Å². The van der Waals surface area contributed by atoms with E-state index in [1.54, 1.807) is 41.4 Å². The molecule has 0 aliphatic rings. The predicted molar refractivity (Wildman–Crippen MR) is 126 cm³/mol. The van der Waals surface area contributed by atoms with Gasteiger partial charge in [-0.2, -0.15) is 0 Å². The summed E-state index contributed by atoms with van der Waals surface area (Å²) in [6.07, 6.45) is 0. The lowest BCUT2D eigenvalue weighted by Gasteiger charge is -2.26. The second kappa shape index (κ2) is 10.9. The van der Waals surface area contributed by atoms with Gasteiger partial charge in [-0.3, -0.25) is 4.79 Å². The highest BCUT2D eigenvalue weighted by molar-refractivity contribution is 6.67. The van der Waals surface area contributed by atoms with Gasteiger partial charge < -0.3 is 23.8 Å². The monoisotopic (exact) mass is 471 g/mol. The first kappa shape index (κ1) is 24.1. The average molecular weight is 472 g/mol. The van der Waals surface area contributed by atoms with Crippen LogP contribution in [0.25, 0.3) is 0 Å². The molecule has 3 aromatic rings. The van der Waals surface area contributed by atoms with Gasteiger partial charge >= 0.3 is 0 Å². The Hall–Kier alpha value is -3.52. The van der Waals surface area contributed by atoms with E-state index in [0.717, 1.165) is 11.1 Å². The summed E-state index contributed by atoms with van der Waals surface area (Å²) in [7, 11) is 6.42. The fraction of sp³-hybridized carbons (Fsp3) is 0.292. The number of methoxy groups -OCH3 is 4. The number of hydrogen-bond acceptors (Lipinski definition) is 8. The number of anilines is 1. The normalized spacial score (nSPS) is 10.5. The van der Waals surface area contributed by atoms with Crippen LogP contribution in [0.5, 0.6) is 23.0 Å². The first-order valence-electron chi connectivity index (χ1n) is 10.1. The van der Waals surface area contributed by atoms with E-state index in [9.17, 15) is 4.79 Å². The summed E-state index contributed by atoms with van der Waals surface area (Å²) in [4.78, 5) is 22.5. The van der Waals surface area contributed by atoms with E-state index in [-0.39, 0.29) is 5.69 Å². The summed E-state index contributed by atoms with van der Waals surface area (Å²) in [6, 6.07) is 12.8. The van der Waals surface area contributed by atoms with Crippen molar-refractivity contribution in [3.05, 3.63) is 65.1 Å². The molecule has 9 heteroatoms. The molecule has 2 aromatic carbocycles. The summed E-state index contributed by atoms with van der Waals surface area (Å²) >= 11 is 5.72. The maximum atomic E-state index is 11.8. The van der Waals surface area contributed by atoms with E-state index in [1.165, 1.54) is 0 Å². The van der Waals surface area contributed by atoms with Crippen molar-refractivity contribution >= 4 is 22.7 Å². The minimum atomic E-state index is -0.647. The fourth-order valence-electron chi connectivity index (χ4n) is 3.41. The maximum absolute atomic E-state index is 11.8. The zero-order valence-electron chi connectivity index (χ0n) is 19.2. The first-order valence-corrected chi connectivity index (χ1v) is 10.5. The minimum Gasteiger partial charge on any atom is -0.497 e. The first-order chi connectivity index (χ1) is 15.9. The number of aryl methyl sites for hydroxylation is 1. The molecule has 174 valence electrons. The lowest BCUT2D eigenvalue weighted by Crippen LogP contribution is -2.25. The van der Waals surface area contributed by atoms with Crippen LogP contribution in [-0.2, 0) is 13.1 Å². The van der Waals surface area contributed by atoms with Crippen molar-refractivity contribution in [2.75, 3.05) is 33.3 Å². The lowest BCUT2D eigenvalue weighted by atomic mass is 10.1. The van der Waals surface area contributed by atoms with Gasteiger partial charge in [-0.05, 0) is 42.8 Å². The van der Waals surface area contributed by atoms with Crippen molar-refractivity contribution in [2.45, 2.75) is 20.0 Å². The smallest absolute Gasteiger partial charge is 0.271 e. The van der Waals surface area contributed by atoms with Crippen LogP contribution in [0.3, 0.4) is 0 Å². The second-order valence-corrected chi connectivity index (χ2v) is 7.49. The maximum Gasteiger partial charge on any atom is 0.271 e. The summed E-state index contributed by atoms with van der Waals surface area (Å²) in [5, 5.41) is -0.647. The molecule has 0 saturated heterocycles. The number of ether oxygens (including phenoxy) is 4. The lowest BCUT2D eigenvalue weighted by molar-refractivity contribution is 0.107. The molecule has 0 unspecified atom stereocenters. The number of carbonyl (C=O) groups is 1. The molecule has 3 rings (SSSR count). The van der Waals surface area contributed by atoms with Crippen molar-refractivity contribution in [2.24, 2.45) is 0 Å². The Bertz CT molecular complexity index is 1080. The van der Waals surface area contributed by atoms with Gasteiger partial charge in [0.2, 0.25) is 0 Å². The highest BCUT2D eigenvalue weighted by atomic mass is 35.5. The summed E-state index contributed by atoms with van der Waals surface area (Å²) < 4.78 is 21.8. The largest absolute Gasteiger partial charge is 0.497 e. The second-order valence-electron chi connectivity index (χ2n) is 7.14. The molecule has 0 radical (unpaired) electrons. The Morgan fingerprint density at radius 1 is 0.818 bits per heavy atom. The molecular weight excluding hydrogens is 446 g/mol. The third-order valence-corrected chi connectivity index (χ3v) is 5.25. The Balaban J connectivity index is 2.07. The van der Waals surface area contributed by atoms with Crippen molar-refractivity contribution in [1.82, 2.24) is 9.97 Å². The average Bonchev–Trinajstić information content (AvgIpc) is 2.83. The highest BCUT2D eigenvalue weighted by Crippen LogP contribution is 2.31. The third kappa shape index (κ3) is 5.84. The van der Waals surface area contributed by atoms with Crippen LogP contribution in [0.1, 0.15) is 27.4 Å². The number of halogens is 1. The summed E-state index contributed by atoms with van der Waals surface area (Å²) in [5.74, 6) is 3.69. The Morgan fingerprint density at radius 3 is 1.76 bits per heavy atom. The molecule has 0 aliphatic heterocycles. The molecular formula is C24H26ClN3O5. The standard InChI is InChI=1S/C24H26ClN3O5/c1-15-26-20(24(25)29)12-23(27-15)28(13-16-6-8-18(30-2)10-21(16)32-4)14-17-7-9-19(31-3)11-22(17)33-5/h6-12H,13-14H2,1-5H3. The van der Waals surface area contributed by atoms with E-state index in [2.05, 4.69) is 9.97 Å². The molecule has 1 heterocycles. The molecule has 0 aliphatic carbocycles. The topological polar surface area (TPSA) is 83.0 Å². The number of aromatic nitrogens is 2. The van der Waals surface area contributed by atoms with Crippen LogP contribution >= 0.6 is 11.6 Å². The molecule has 0 amide bonds. The van der Waals surface area contributed by atoms with E-state index in [1.807, 2.05) is 41.3 Å². The predicted octanol–water partition coefficient (Wildman–Crippen LogP) is 4.41. The van der Waals surface area contributed by atoms with Crippen LogP contribution in [-0.4, -0.2) is 43.6 Å². The minimum absolute atomic E-state index is 0.132. The van der Waals surface area contributed by atoms with Crippen molar-refractivity contribution < 1.29 is 23.7 Å². The fourth-order valence-corrected chi connectivity index (χ4v) is 3.51. The Labute approximate surface area is 198 Å². The van der Waals surface area contributed by atoms with Crippen LogP contribution in [0.4, 0.5) is 5.82 Å². The van der Waals surface area contributed by atoms with Gasteiger partial charge in [0.25, 0.3) is 5.24 Å². The van der Waals surface area contributed by atoms with Gasteiger partial charge in [0.1, 0.15) is 40.3 Å². The van der Waals surface area contributed by atoms with E-state index >= 15 is 0 Å². The molecule has 0 spiro atoms. The van der Waals surface area contributed by atoms with Gasteiger partial charge in [-0.25, -0.2) is 9.97 Å². The Kier molecular flexibility index (Phi) is 7.95. The molecule has 0 atom stereocenters. The van der Waals surface area contributed by atoms with E-state index in [0.29, 0.717) is 47.7 Å². The zero-order chi connectivity index (χ0) is 24.0. The molecule has 33 heavy (non-hydrogen) atoms. The van der Waals surface area contributed by atoms with E-state index in [4.69, 9.17) is 30.5 Å². The summed E-state index contributed by atoms with van der Waals surface area (Å²) in [5.41, 5.74) is 1.94. The van der Waals surface area contributed by atoms with E-state index < -0.39 is 5.24 Å². The van der Waals surface area contributed by atoms with Crippen molar-refractivity contribution in [3.63, 3.8) is 0 Å². The molecule has 0 bridgehead atoms. The number of carbonyl (C=O) groups excluding carboxylic acids is 1. The SMILES string of the molecule is COc1ccc(CN(Cc2ccc(OC)cc2OC)c2cc(C(=O)Cl)nc(C)n2)c(OC)c1.